The molecule has 0 spiro atoms. The highest BCUT2D eigenvalue weighted by molar-refractivity contribution is 6.76. The molecule has 18 heteroatoms. The van der Waals surface area contributed by atoms with E-state index in [1.165, 1.54) is 14.2 Å². The maximum Gasteiger partial charge on any atom is 0.407 e. The highest BCUT2D eigenvalue weighted by Gasteiger charge is 2.39. The van der Waals surface area contributed by atoms with Crippen molar-refractivity contribution in [2.45, 2.75) is 130 Å². The number of rotatable bonds is 20. The van der Waals surface area contributed by atoms with Crippen molar-refractivity contribution < 1.29 is 38.1 Å². The van der Waals surface area contributed by atoms with Crippen molar-refractivity contribution in [3.8, 4) is 34.4 Å². The number of carbonyl (C=O) groups is 4. The molecule has 0 unspecified atom stereocenters. The molecule has 4 aromatic rings. The molecule has 2 aromatic carbocycles. The molecule has 2 saturated heterocycles. The zero-order valence-electron chi connectivity index (χ0n) is 45.3. The number of likely N-dealkylation sites (tertiary alicyclic amines) is 1. The van der Waals surface area contributed by atoms with E-state index in [9.17, 15) is 19.2 Å². The minimum atomic E-state index is -1.33. The van der Waals surface area contributed by atoms with E-state index in [0.29, 0.717) is 51.9 Å². The lowest BCUT2D eigenvalue weighted by atomic mass is 10.0. The molecule has 2 aliphatic rings. The number of hydrogen-bond acceptors (Lipinski definition) is 10. The van der Waals surface area contributed by atoms with Gasteiger partial charge in [0, 0.05) is 84.1 Å². The summed E-state index contributed by atoms with van der Waals surface area (Å²) in [6.07, 6.45) is 2.38. The fraction of sp³-hybridized carbons (Fsp3) is 0.545. The average Bonchev–Trinajstić information content (AvgIpc) is 4.13. The maximum absolute atomic E-state index is 14.2. The zero-order chi connectivity index (χ0) is 53.0. The summed E-state index contributed by atoms with van der Waals surface area (Å²) in [6.45, 7) is 25.8. The van der Waals surface area contributed by atoms with Crippen LogP contribution in [0.4, 0.5) is 9.59 Å². The lowest BCUT2D eigenvalue weighted by molar-refractivity contribution is -0.138. The van der Waals surface area contributed by atoms with E-state index in [2.05, 4.69) is 95.9 Å². The molecule has 0 saturated carbocycles. The van der Waals surface area contributed by atoms with Gasteiger partial charge in [-0.3, -0.25) is 9.59 Å². The van der Waals surface area contributed by atoms with E-state index in [4.69, 9.17) is 23.9 Å². The molecule has 3 N–H and O–H groups in total. The second-order valence-electron chi connectivity index (χ2n) is 22.3. The first kappa shape index (κ1) is 56.6. The van der Waals surface area contributed by atoms with Crippen molar-refractivity contribution in [2.75, 3.05) is 53.6 Å². The van der Waals surface area contributed by atoms with E-state index < -0.39 is 46.5 Å². The number of ether oxygens (including phenoxy) is 4. The topological polar surface area (TPSA) is 171 Å². The Kier molecular flexibility index (Phi) is 19.8. The number of methoxy groups -OCH3 is 2. The lowest BCUT2D eigenvalue weighted by Crippen LogP contribution is -2.57. The molecule has 4 heterocycles. The van der Waals surface area contributed by atoms with Gasteiger partial charge in [0.2, 0.25) is 11.8 Å². The number of hydrogen-bond donors (Lipinski definition) is 3. The van der Waals surface area contributed by atoms with E-state index >= 15 is 0 Å². The molecule has 0 bridgehead atoms. The van der Waals surface area contributed by atoms with Gasteiger partial charge in [0.15, 0.2) is 0 Å². The molecule has 73 heavy (non-hydrogen) atoms. The lowest BCUT2D eigenvalue weighted by Gasteiger charge is -2.38. The van der Waals surface area contributed by atoms with Gasteiger partial charge < -0.3 is 53.8 Å². The van der Waals surface area contributed by atoms with E-state index in [1.807, 2.05) is 84.7 Å². The van der Waals surface area contributed by atoms with Crippen LogP contribution in [0.2, 0.25) is 51.4 Å². The van der Waals surface area contributed by atoms with Crippen LogP contribution in [0.15, 0.2) is 66.9 Å². The predicted octanol–water partition coefficient (Wildman–Crippen LogP) is 8.94. The summed E-state index contributed by atoms with van der Waals surface area (Å²) < 4.78 is 26.6. The highest BCUT2D eigenvalue weighted by Crippen LogP contribution is 2.37. The number of nitrogens with zero attached hydrogens (tertiary/aromatic N) is 5. The van der Waals surface area contributed by atoms with Crippen LogP contribution in [0.1, 0.15) is 75.3 Å². The van der Waals surface area contributed by atoms with Crippen LogP contribution >= 0.6 is 0 Å². The summed E-state index contributed by atoms with van der Waals surface area (Å²) in [6, 6.07) is 20.5. The molecule has 0 radical (unpaired) electrons. The second kappa shape index (κ2) is 25.5. The third kappa shape index (κ3) is 15.4. The van der Waals surface area contributed by atoms with Gasteiger partial charge in [0.25, 0.3) is 0 Å². The maximum atomic E-state index is 14.2. The van der Waals surface area contributed by atoms with Crippen molar-refractivity contribution in [3.63, 3.8) is 0 Å². The number of benzene rings is 2. The SMILES string of the molecule is COC(=O)N[C@H](C(=O)N1CCNC[C@H]1c1nc(-c2ccc(C#Cc3ccc(-c4ccc([C@@H]5CCCN5C(=O)[C@@H](NC(=O)OC)C(C)C)n4COCC[Si](C)(C)C)cc3)cc2)cn1COCC[Si](C)(C)C)C(C)C. The van der Waals surface area contributed by atoms with Crippen LogP contribution in [-0.2, 0) is 42.0 Å². The van der Waals surface area contributed by atoms with Crippen LogP contribution in [0.3, 0.4) is 0 Å². The van der Waals surface area contributed by atoms with Crippen molar-refractivity contribution in [3.05, 3.63) is 89.5 Å². The second-order valence-corrected chi connectivity index (χ2v) is 33.5. The number of carbonyl (C=O) groups excluding carboxylic acids is 4. The van der Waals surface area contributed by atoms with Crippen molar-refractivity contribution in [1.29, 1.82) is 0 Å². The summed E-state index contributed by atoms with van der Waals surface area (Å²) in [7, 11) is -0.0570. The van der Waals surface area contributed by atoms with E-state index in [-0.39, 0.29) is 36.4 Å². The number of piperazine rings is 1. The van der Waals surface area contributed by atoms with Crippen LogP contribution in [0.25, 0.3) is 22.5 Å². The third-order valence-electron chi connectivity index (χ3n) is 13.5. The predicted molar refractivity (Wildman–Crippen MR) is 291 cm³/mol. The van der Waals surface area contributed by atoms with Gasteiger partial charge in [-0.15, -0.1) is 0 Å². The summed E-state index contributed by atoms with van der Waals surface area (Å²) in [5.41, 5.74) is 6.36. The van der Waals surface area contributed by atoms with Crippen molar-refractivity contribution in [2.24, 2.45) is 11.8 Å². The van der Waals surface area contributed by atoms with Gasteiger partial charge in [-0.25, -0.2) is 14.6 Å². The van der Waals surface area contributed by atoms with Crippen LogP contribution in [0.5, 0.6) is 0 Å². The van der Waals surface area contributed by atoms with Crippen LogP contribution in [-0.4, -0.2) is 130 Å². The van der Waals surface area contributed by atoms with Crippen molar-refractivity contribution in [1.82, 2.24) is 39.9 Å². The molecule has 16 nitrogen and oxygen atoms in total. The smallest absolute Gasteiger partial charge is 0.407 e. The van der Waals surface area contributed by atoms with Gasteiger partial charge in [0.1, 0.15) is 37.4 Å². The van der Waals surface area contributed by atoms with E-state index in [0.717, 1.165) is 64.3 Å². The van der Waals surface area contributed by atoms with Crippen LogP contribution in [0, 0.1) is 23.7 Å². The molecule has 396 valence electrons. The van der Waals surface area contributed by atoms with E-state index in [1.54, 1.807) is 0 Å². The molecule has 2 aliphatic heterocycles. The molecule has 2 aromatic heterocycles. The quantitative estimate of drug-likeness (QED) is 0.0441. The average molecular weight is 1040 g/mol. The number of amides is 4. The first-order valence-corrected chi connectivity index (χ1v) is 33.2. The van der Waals surface area contributed by atoms with Crippen LogP contribution < -0.4 is 16.0 Å². The van der Waals surface area contributed by atoms with Crippen molar-refractivity contribution >= 4 is 40.1 Å². The summed E-state index contributed by atoms with van der Waals surface area (Å²) in [4.78, 5) is 61.7. The van der Waals surface area contributed by atoms with Gasteiger partial charge in [-0.1, -0.05) is 103 Å². The Bertz CT molecular complexity index is 2550. The minimum absolute atomic E-state index is 0.116. The highest BCUT2D eigenvalue weighted by atomic mass is 28.3. The fourth-order valence-electron chi connectivity index (χ4n) is 9.07. The summed E-state index contributed by atoms with van der Waals surface area (Å²) >= 11 is 0. The summed E-state index contributed by atoms with van der Waals surface area (Å²) in [5.74, 6) is 6.80. The Morgan fingerprint density at radius 3 is 1.74 bits per heavy atom. The Labute approximate surface area is 435 Å². The standard InChI is InChI=1S/C55H80N8O8Si2/c1-38(2)49(58-54(66)68-5)52(64)61-28-13-14-46(61)47-26-25-45(63(47)37-71-31-33-73(10,11)12)43-23-19-41(20-24-43)16-15-40-17-21-42(22-18-40)44-35-60(36-70-30-32-72(7,8)9)51(57-44)48-34-56-27-29-62(48)53(65)50(39(3)4)59-55(67)69-6/h17-26,35,38-39,46,48-50,56H,13-14,27-34,36-37H2,1-12H3,(H,58,66)(H,59,67)/t46-,48-,49-,50-/m0/s1. The zero-order valence-corrected chi connectivity index (χ0v) is 47.3. The molecular weight excluding hydrogens is 957 g/mol. The first-order valence-electron chi connectivity index (χ1n) is 25.8. The number of alkyl carbamates (subject to hydrolysis) is 2. The molecule has 6 rings (SSSR count). The molecule has 0 aliphatic carbocycles. The minimum Gasteiger partial charge on any atom is -0.453 e. The Morgan fingerprint density at radius 2 is 1.22 bits per heavy atom. The first-order chi connectivity index (χ1) is 34.7. The number of nitrogens with one attached hydrogen (secondary N) is 3. The molecular formula is C55H80N8O8Si2. The number of imidazole rings is 1. The van der Waals surface area contributed by atoms with Gasteiger partial charge in [-0.2, -0.15) is 0 Å². The molecule has 4 amide bonds. The largest absolute Gasteiger partial charge is 0.453 e. The Morgan fingerprint density at radius 1 is 0.699 bits per heavy atom. The fourth-order valence-corrected chi connectivity index (χ4v) is 10.6. The normalized spacial score (nSPS) is 17.0. The Hall–Kier alpha value is -5.72. The molecule has 4 atom stereocenters. The summed E-state index contributed by atoms with van der Waals surface area (Å²) in [5, 5.41) is 8.97. The monoisotopic (exact) mass is 1040 g/mol. The molecule has 2 fully saturated rings. The van der Waals surface area contributed by atoms with Gasteiger partial charge >= 0.3 is 12.2 Å². The van der Waals surface area contributed by atoms with Gasteiger partial charge in [-0.05, 0) is 78.7 Å². The number of aromatic nitrogens is 3. The Balaban J connectivity index is 1.22. The van der Waals surface area contributed by atoms with Gasteiger partial charge in [0.05, 0.1) is 31.6 Å². The third-order valence-corrected chi connectivity index (χ3v) is 16.9.